The Morgan fingerprint density at radius 3 is 2.46 bits per heavy atom. The number of aryl methyl sites for hydroxylation is 1. The zero-order chi connectivity index (χ0) is 27.8. The van der Waals surface area contributed by atoms with Crippen molar-refractivity contribution in [1.29, 1.82) is 0 Å². The van der Waals surface area contributed by atoms with E-state index in [9.17, 15) is 14.7 Å². The standard InChI is InChI=1S/C33H46N2O3S/c1-4-26-15-16-27(20-24-11-6-5-7-12-24)35(26)22-25-14-17-29(30(21-25)28-13-9-8-10-23(28)2)32(36)34-31(33(37)38)18-19-39-3/h8-10,13-14,17,21,24,26-27,31H,4-7,11-12,15-16,18-20,22H2,1-3H3,(H,34,36)(H,37,38)/t26-,27?,31?/m0/s1. The molecule has 1 saturated heterocycles. The molecule has 2 unspecified atom stereocenters. The van der Waals surface area contributed by atoms with Crippen molar-refractivity contribution < 1.29 is 14.7 Å². The van der Waals surface area contributed by atoms with Crippen LogP contribution in [0.2, 0.25) is 0 Å². The van der Waals surface area contributed by atoms with E-state index in [1.165, 1.54) is 63.4 Å². The van der Waals surface area contributed by atoms with Crippen LogP contribution in [0.4, 0.5) is 0 Å². The third-order valence-electron chi connectivity index (χ3n) is 8.92. The van der Waals surface area contributed by atoms with Crippen molar-refractivity contribution in [2.45, 2.75) is 103 Å². The average molecular weight is 551 g/mol. The molecule has 1 aliphatic heterocycles. The van der Waals surface area contributed by atoms with E-state index < -0.39 is 12.0 Å². The lowest BCUT2D eigenvalue weighted by Gasteiger charge is -2.33. The number of nitrogens with zero attached hydrogens (tertiary/aromatic N) is 1. The Morgan fingerprint density at radius 1 is 1.03 bits per heavy atom. The van der Waals surface area contributed by atoms with Gasteiger partial charge >= 0.3 is 5.97 Å². The SMILES string of the molecule is CC[C@H]1CCC(CC2CCCCC2)N1Cc1ccc(C(=O)NC(CCSC)C(=O)O)c(-c2ccccc2C)c1. The van der Waals surface area contributed by atoms with Crippen molar-refractivity contribution >= 4 is 23.6 Å². The topological polar surface area (TPSA) is 69.6 Å². The van der Waals surface area contributed by atoms with E-state index in [0.717, 1.165) is 29.2 Å². The molecule has 212 valence electrons. The van der Waals surface area contributed by atoms with Gasteiger partial charge < -0.3 is 10.4 Å². The number of hydrogen-bond acceptors (Lipinski definition) is 4. The van der Waals surface area contributed by atoms with Crippen LogP contribution in [0.25, 0.3) is 11.1 Å². The molecule has 6 heteroatoms. The largest absolute Gasteiger partial charge is 0.480 e. The summed E-state index contributed by atoms with van der Waals surface area (Å²) in [7, 11) is 0. The molecule has 2 fully saturated rings. The maximum absolute atomic E-state index is 13.5. The summed E-state index contributed by atoms with van der Waals surface area (Å²) in [5, 5.41) is 12.5. The molecule has 1 aliphatic carbocycles. The van der Waals surface area contributed by atoms with Crippen LogP contribution >= 0.6 is 11.8 Å². The highest BCUT2D eigenvalue weighted by Crippen LogP contribution is 2.37. The number of carbonyl (C=O) groups excluding carboxylic acids is 1. The zero-order valence-electron chi connectivity index (χ0n) is 24.0. The van der Waals surface area contributed by atoms with Crippen LogP contribution in [0.5, 0.6) is 0 Å². The monoisotopic (exact) mass is 550 g/mol. The predicted octanol–water partition coefficient (Wildman–Crippen LogP) is 7.31. The van der Waals surface area contributed by atoms with Crippen LogP contribution in [0.15, 0.2) is 42.5 Å². The van der Waals surface area contributed by atoms with Crippen molar-refractivity contribution in [3.05, 3.63) is 59.2 Å². The second-order valence-electron chi connectivity index (χ2n) is 11.5. The molecule has 2 N–H and O–H groups in total. The first-order chi connectivity index (χ1) is 18.9. The van der Waals surface area contributed by atoms with E-state index in [-0.39, 0.29) is 5.91 Å². The predicted molar refractivity (Wildman–Crippen MR) is 162 cm³/mol. The maximum Gasteiger partial charge on any atom is 0.326 e. The number of likely N-dealkylation sites (tertiary alicyclic amines) is 1. The average Bonchev–Trinajstić information content (AvgIpc) is 3.32. The van der Waals surface area contributed by atoms with Gasteiger partial charge in [-0.3, -0.25) is 9.69 Å². The highest BCUT2D eigenvalue weighted by atomic mass is 32.2. The molecule has 0 spiro atoms. The number of amides is 1. The molecule has 2 aromatic carbocycles. The fourth-order valence-corrected chi connectivity index (χ4v) is 7.17. The van der Waals surface area contributed by atoms with Gasteiger partial charge in [-0.05, 0) is 91.3 Å². The number of benzene rings is 2. The second-order valence-corrected chi connectivity index (χ2v) is 12.5. The summed E-state index contributed by atoms with van der Waals surface area (Å²) in [4.78, 5) is 28.0. The Balaban J connectivity index is 1.61. The Labute approximate surface area is 239 Å². The molecular formula is C33H46N2O3S. The molecule has 1 heterocycles. The van der Waals surface area contributed by atoms with Gasteiger partial charge in [0.25, 0.3) is 5.91 Å². The summed E-state index contributed by atoms with van der Waals surface area (Å²) in [6, 6.07) is 14.7. The van der Waals surface area contributed by atoms with Crippen LogP contribution in [-0.2, 0) is 11.3 Å². The van der Waals surface area contributed by atoms with Gasteiger partial charge in [0.05, 0.1) is 0 Å². The minimum Gasteiger partial charge on any atom is -0.480 e. The van der Waals surface area contributed by atoms with Gasteiger partial charge in [-0.1, -0.05) is 69.4 Å². The van der Waals surface area contributed by atoms with Crippen LogP contribution < -0.4 is 5.32 Å². The molecule has 1 amide bonds. The third kappa shape index (κ3) is 7.67. The molecule has 3 atom stereocenters. The van der Waals surface area contributed by atoms with Crippen LogP contribution in [0, 0.1) is 12.8 Å². The first-order valence-corrected chi connectivity index (χ1v) is 16.3. The highest BCUT2D eigenvalue weighted by molar-refractivity contribution is 7.98. The first-order valence-electron chi connectivity index (χ1n) is 14.9. The Morgan fingerprint density at radius 2 is 1.77 bits per heavy atom. The summed E-state index contributed by atoms with van der Waals surface area (Å²) >= 11 is 1.58. The molecular weight excluding hydrogens is 504 g/mol. The summed E-state index contributed by atoms with van der Waals surface area (Å²) in [6.07, 6.45) is 14.3. The number of aliphatic carboxylic acids is 1. The molecule has 39 heavy (non-hydrogen) atoms. The van der Waals surface area contributed by atoms with E-state index in [1.807, 2.05) is 24.5 Å². The summed E-state index contributed by atoms with van der Waals surface area (Å²) in [6.45, 7) is 5.26. The zero-order valence-corrected chi connectivity index (χ0v) is 24.8. The Bertz CT molecular complexity index is 1110. The lowest BCUT2D eigenvalue weighted by molar-refractivity contribution is -0.139. The van der Waals surface area contributed by atoms with Gasteiger partial charge in [-0.2, -0.15) is 11.8 Å². The van der Waals surface area contributed by atoms with Gasteiger partial charge in [0.2, 0.25) is 0 Å². The molecule has 1 saturated carbocycles. The summed E-state index contributed by atoms with van der Waals surface area (Å²) < 4.78 is 0. The Hall–Kier alpha value is -2.31. The maximum atomic E-state index is 13.5. The molecule has 0 bridgehead atoms. The molecule has 0 aromatic heterocycles. The van der Waals surface area contributed by atoms with Crippen molar-refractivity contribution in [3.8, 4) is 11.1 Å². The molecule has 0 radical (unpaired) electrons. The minimum absolute atomic E-state index is 0.323. The minimum atomic E-state index is -0.991. The fourth-order valence-electron chi connectivity index (χ4n) is 6.70. The number of carboxylic acids is 1. The lowest BCUT2D eigenvalue weighted by Crippen LogP contribution is -2.41. The van der Waals surface area contributed by atoms with Gasteiger partial charge in [-0.25, -0.2) is 4.79 Å². The van der Waals surface area contributed by atoms with Gasteiger partial charge in [0.1, 0.15) is 6.04 Å². The van der Waals surface area contributed by atoms with Crippen LogP contribution in [-0.4, -0.2) is 52.0 Å². The molecule has 2 aromatic rings. The third-order valence-corrected chi connectivity index (χ3v) is 9.56. The van der Waals surface area contributed by atoms with Gasteiger partial charge in [0.15, 0.2) is 0 Å². The number of hydrogen-bond donors (Lipinski definition) is 2. The van der Waals surface area contributed by atoms with E-state index in [2.05, 4.69) is 48.3 Å². The molecule has 2 aliphatic rings. The van der Waals surface area contributed by atoms with Crippen LogP contribution in [0.1, 0.15) is 92.6 Å². The number of rotatable bonds is 12. The number of nitrogens with one attached hydrogen (secondary N) is 1. The van der Waals surface area contributed by atoms with E-state index in [1.54, 1.807) is 11.8 Å². The summed E-state index contributed by atoms with van der Waals surface area (Å²) in [5.74, 6) is 0.229. The quantitative estimate of drug-likeness (QED) is 0.290. The van der Waals surface area contributed by atoms with E-state index >= 15 is 0 Å². The number of carbonyl (C=O) groups is 2. The Kier molecular flexibility index (Phi) is 10.9. The smallest absolute Gasteiger partial charge is 0.326 e. The molecule has 5 nitrogen and oxygen atoms in total. The van der Waals surface area contributed by atoms with Gasteiger partial charge in [0, 0.05) is 24.2 Å². The van der Waals surface area contributed by atoms with E-state index in [4.69, 9.17) is 0 Å². The normalized spacial score (nSPS) is 21.1. The van der Waals surface area contributed by atoms with Crippen molar-refractivity contribution in [2.24, 2.45) is 5.92 Å². The van der Waals surface area contributed by atoms with Gasteiger partial charge in [-0.15, -0.1) is 0 Å². The van der Waals surface area contributed by atoms with Crippen molar-refractivity contribution in [3.63, 3.8) is 0 Å². The number of carboxylic acid groups (broad SMARTS) is 1. The van der Waals surface area contributed by atoms with Crippen molar-refractivity contribution in [1.82, 2.24) is 10.2 Å². The second kappa shape index (κ2) is 14.4. The van der Waals surface area contributed by atoms with Crippen LogP contribution in [0.3, 0.4) is 0 Å². The number of thioether (sulfide) groups is 1. The fraction of sp³-hybridized carbons (Fsp3) is 0.576. The lowest BCUT2D eigenvalue weighted by atomic mass is 9.84. The van der Waals surface area contributed by atoms with E-state index in [0.29, 0.717) is 29.8 Å². The highest BCUT2D eigenvalue weighted by Gasteiger charge is 2.34. The first kappa shape index (κ1) is 29.7. The summed E-state index contributed by atoms with van der Waals surface area (Å²) in [5.41, 5.74) is 4.76. The van der Waals surface area contributed by atoms with Crippen molar-refractivity contribution in [2.75, 3.05) is 12.0 Å². The molecule has 4 rings (SSSR count).